The fourth-order valence-electron chi connectivity index (χ4n) is 3.67. The van der Waals surface area contributed by atoms with Crippen molar-refractivity contribution in [2.24, 2.45) is 0 Å². The fourth-order valence-corrected chi connectivity index (χ4v) is 3.67. The van der Waals surface area contributed by atoms with Gasteiger partial charge >= 0.3 is 0 Å². The zero-order valence-corrected chi connectivity index (χ0v) is 15.4. The van der Waals surface area contributed by atoms with Gasteiger partial charge in [-0.1, -0.05) is 37.0 Å². The number of imidazole rings is 1. The van der Waals surface area contributed by atoms with Gasteiger partial charge in [-0.05, 0) is 43.0 Å². The summed E-state index contributed by atoms with van der Waals surface area (Å²) in [6.07, 6.45) is 10.4. The summed E-state index contributed by atoms with van der Waals surface area (Å²) in [6.45, 7) is 0. The first-order valence-electron chi connectivity index (χ1n) is 9.63. The van der Waals surface area contributed by atoms with E-state index >= 15 is 0 Å². The van der Waals surface area contributed by atoms with Crippen molar-refractivity contribution < 1.29 is 4.42 Å². The Kier molecular flexibility index (Phi) is 4.30. The summed E-state index contributed by atoms with van der Waals surface area (Å²) in [7, 11) is 0. The lowest BCUT2D eigenvalue weighted by Crippen LogP contribution is -2.16. The molecule has 1 aromatic carbocycles. The predicted molar refractivity (Wildman–Crippen MR) is 109 cm³/mol. The minimum Gasteiger partial charge on any atom is -0.446 e. The summed E-state index contributed by atoms with van der Waals surface area (Å²) in [4.78, 5) is 8.95. The molecule has 0 spiro atoms. The summed E-state index contributed by atoms with van der Waals surface area (Å²) in [5, 5.41) is 3.67. The summed E-state index contributed by atoms with van der Waals surface area (Å²) >= 11 is 0. The summed E-state index contributed by atoms with van der Waals surface area (Å²) in [5.41, 5.74) is 2.56. The van der Waals surface area contributed by atoms with Gasteiger partial charge in [-0.15, -0.1) is 0 Å². The molecule has 0 bridgehead atoms. The molecule has 1 fully saturated rings. The van der Waals surface area contributed by atoms with Crippen molar-refractivity contribution >= 4 is 11.5 Å². The molecule has 138 valence electrons. The number of hydrogen-bond donors (Lipinski definition) is 1. The molecule has 0 radical (unpaired) electrons. The highest BCUT2D eigenvalue weighted by Gasteiger charge is 2.22. The topological polar surface area (TPSA) is 55.4 Å². The molecule has 0 saturated heterocycles. The SMILES string of the molecule is C(#Cc1ccc(-c2nc3cnccn3c2NC2CCCC2)o1)c1ccccc1. The molecule has 0 atom stereocenters. The molecule has 1 N–H and O–H groups in total. The van der Waals surface area contributed by atoms with E-state index in [9.17, 15) is 0 Å². The molecule has 1 aliphatic rings. The lowest BCUT2D eigenvalue weighted by Gasteiger charge is -2.14. The van der Waals surface area contributed by atoms with Crippen LogP contribution in [0.15, 0.2) is 65.5 Å². The Bertz CT molecular complexity index is 1160. The second-order valence-corrected chi connectivity index (χ2v) is 7.02. The predicted octanol–water partition coefficient (Wildman–Crippen LogP) is 4.74. The quantitative estimate of drug-likeness (QED) is 0.531. The van der Waals surface area contributed by atoms with Crippen molar-refractivity contribution in [1.29, 1.82) is 0 Å². The highest BCUT2D eigenvalue weighted by molar-refractivity contribution is 5.73. The number of anilines is 1. The van der Waals surface area contributed by atoms with Gasteiger partial charge in [-0.3, -0.25) is 9.38 Å². The largest absolute Gasteiger partial charge is 0.446 e. The highest BCUT2D eigenvalue weighted by Crippen LogP contribution is 2.32. The lowest BCUT2D eigenvalue weighted by molar-refractivity contribution is 0.567. The van der Waals surface area contributed by atoms with Gasteiger partial charge in [0.1, 0.15) is 11.5 Å². The van der Waals surface area contributed by atoms with Crippen LogP contribution in [0, 0.1) is 11.8 Å². The van der Waals surface area contributed by atoms with E-state index in [0.29, 0.717) is 17.6 Å². The molecular formula is C23H20N4O. The van der Waals surface area contributed by atoms with Crippen LogP contribution in [0.5, 0.6) is 0 Å². The first-order chi connectivity index (χ1) is 13.9. The van der Waals surface area contributed by atoms with Gasteiger partial charge in [-0.2, -0.15) is 0 Å². The number of nitrogens with one attached hydrogen (secondary N) is 1. The van der Waals surface area contributed by atoms with Crippen molar-refractivity contribution in [3.05, 3.63) is 72.4 Å². The van der Waals surface area contributed by atoms with Crippen LogP contribution in [-0.4, -0.2) is 20.4 Å². The van der Waals surface area contributed by atoms with E-state index in [1.807, 2.05) is 53.1 Å². The lowest BCUT2D eigenvalue weighted by atomic mass is 10.2. The molecule has 0 unspecified atom stereocenters. The molecule has 1 aliphatic carbocycles. The van der Waals surface area contributed by atoms with E-state index < -0.39 is 0 Å². The third-order valence-electron chi connectivity index (χ3n) is 5.07. The number of nitrogens with zero attached hydrogens (tertiary/aromatic N) is 3. The second-order valence-electron chi connectivity index (χ2n) is 7.02. The molecule has 1 saturated carbocycles. The van der Waals surface area contributed by atoms with Crippen LogP contribution in [0.1, 0.15) is 37.0 Å². The van der Waals surface area contributed by atoms with Gasteiger partial charge in [0.05, 0.1) is 6.20 Å². The van der Waals surface area contributed by atoms with E-state index in [1.165, 1.54) is 25.7 Å². The Hall–Kier alpha value is -3.52. The smallest absolute Gasteiger partial charge is 0.178 e. The normalized spacial score (nSPS) is 14.1. The van der Waals surface area contributed by atoms with E-state index in [-0.39, 0.29) is 0 Å². The number of hydrogen-bond acceptors (Lipinski definition) is 4. The molecule has 5 heteroatoms. The Morgan fingerprint density at radius 3 is 2.75 bits per heavy atom. The van der Waals surface area contributed by atoms with Crippen LogP contribution in [0.4, 0.5) is 5.82 Å². The van der Waals surface area contributed by atoms with Crippen molar-refractivity contribution in [3.8, 4) is 23.3 Å². The maximum absolute atomic E-state index is 6.02. The van der Waals surface area contributed by atoms with Crippen LogP contribution in [0.2, 0.25) is 0 Å². The molecule has 28 heavy (non-hydrogen) atoms. The van der Waals surface area contributed by atoms with Crippen LogP contribution >= 0.6 is 0 Å². The Morgan fingerprint density at radius 2 is 1.89 bits per heavy atom. The zero-order valence-electron chi connectivity index (χ0n) is 15.4. The average molecular weight is 368 g/mol. The molecule has 3 heterocycles. The number of aromatic nitrogens is 3. The van der Waals surface area contributed by atoms with E-state index in [0.717, 1.165) is 22.7 Å². The number of furan rings is 1. The monoisotopic (exact) mass is 368 g/mol. The van der Waals surface area contributed by atoms with Gasteiger partial charge in [0.2, 0.25) is 0 Å². The highest BCUT2D eigenvalue weighted by atomic mass is 16.3. The standard InChI is InChI=1S/C23H20N4O/c1-2-6-17(7-3-1)10-11-19-12-13-20(28-19)22-23(25-18-8-4-5-9-18)27-15-14-24-16-21(27)26-22/h1-3,6-7,12-16,18,25H,4-5,8-9H2. The summed E-state index contributed by atoms with van der Waals surface area (Å²) in [6, 6.07) is 14.2. The minimum absolute atomic E-state index is 0.471. The Labute approximate surface area is 163 Å². The summed E-state index contributed by atoms with van der Waals surface area (Å²) in [5.74, 6) is 8.52. The Balaban J connectivity index is 1.51. The van der Waals surface area contributed by atoms with Gasteiger partial charge in [0, 0.05) is 24.0 Å². The van der Waals surface area contributed by atoms with E-state index in [2.05, 4.69) is 22.1 Å². The van der Waals surface area contributed by atoms with Crippen LogP contribution < -0.4 is 5.32 Å². The zero-order chi connectivity index (χ0) is 18.8. The number of benzene rings is 1. The maximum atomic E-state index is 6.02. The first kappa shape index (κ1) is 16.6. The molecule has 3 aromatic heterocycles. The number of fused-ring (bicyclic) bond motifs is 1. The van der Waals surface area contributed by atoms with Gasteiger partial charge in [-0.25, -0.2) is 4.98 Å². The van der Waals surface area contributed by atoms with Gasteiger partial charge in [0.15, 0.2) is 17.2 Å². The molecule has 0 aliphatic heterocycles. The summed E-state index contributed by atoms with van der Waals surface area (Å²) < 4.78 is 8.06. The molecule has 5 rings (SSSR count). The molecular weight excluding hydrogens is 348 g/mol. The molecule has 4 aromatic rings. The van der Waals surface area contributed by atoms with Crippen molar-refractivity contribution in [1.82, 2.24) is 14.4 Å². The van der Waals surface area contributed by atoms with Crippen molar-refractivity contribution in [2.75, 3.05) is 5.32 Å². The van der Waals surface area contributed by atoms with Gasteiger partial charge < -0.3 is 9.73 Å². The third-order valence-corrected chi connectivity index (χ3v) is 5.07. The Morgan fingerprint density at radius 1 is 1.04 bits per heavy atom. The van der Waals surface area contributed by atoms with Crippen LogP contribution in [0.25, 0.3) is 17.1 Å². The van der Waals surface area contributed by atoms with Gasteiger partial charge in [0.25, 0.3) is 0 Å². The van der Waals surface area contributed by atoms with Crippen molar-refractivity contribution in [3.63, 3.8) is 0 Å². The van der Waals surface area contributed by atoms with E-state index in [1.54, 1.807) is 12.4 Å². The minimum atomic E-state index is 0.471. The molecule has 5 nitrogen and oxygen atoms in total. The average Bonchev–Trinajstić information content (AvgIpc) is 3.48. The number of rotatable bonds is 3. The maximum Gasteiger partial charge on any atom is 0.178 e. The molecule has 0 amide bonds. The second kappa shape index (κ2) is 7.24. The third kappa shape index (κ3) is 3.25. The van der Waals surface area contributed by atoms with Crippen LogP contribution in [-0.2, 0) is 0 Å². The first-order valence-corrected chi connectivity index (χ1v) is 9.63. The fraction of sp³-hybridized carbons (Fsp3) is 0.217. The van der Waals surface area contributed by atoms with Crippen molar-refractivity contribution in [2.45, 2.75) is 31.7 Å². The van der Waals surface area contributed by atoms with E-state index in [4.69, 9.17) is 9.40 Å². The van der Waals surface area contributed by atoms with Crippen LogP contribution in [0.3, 0.4) is 0 Å².